The molecule has 0 fully saturated rings. The first-order valence-corrected chi connectivity index (χ1v) is 5.47. The van der Waals surface area contributed by atoms with E-state index in [1.165, 1.54) is 0 Å². The fraction of sp³-hybridized carbons (Fsp3) is 0.833. The minimum Gasteiger partial charge on any atom is -0.480 e. The number of carbonyl (C=O) groups is 1. The summed E-state index contributed by atoms with van der Waals surface area (Å²) in [5.74, 6) is -1.20. The Morgan fingerprint density at radius 1 is 1.40 bits per heavy atom. The minimum absolute atomic E-state index is 0.00667. The number of nitrogens with two attached hydrogens (primary N) is 2. The van der Waals surface area contributed by atoms with E-state index in [4.69, 9.17) is 21.1 Å². The zero-order chi connectivity index (χ0) is 12.1. The molecule has 0 aromatic carbocycles. The van der Waals surface area contributed by atoms with Crippen LogP contribution in [0.2, 0.25) is 0 Å². The summed E-state index contributed by atoms with van der Waals surface area (Å²) in [7, 11) is -4.57. The molecule has 0 bridgehead atoms. The summed E-state index contributed by atoms with van der Waals surface area (Å²) in [6.07, 6.45) is -0.929. The molecule has 0 aliphatic carbocycles. The van der Waals surface area contributed by atoms with Crippen molar-refractivity contribution in [1.29, 1.82) is 0 Å². The van der Waals surface area contributed by atoms with Gasteiger partial charge in [0, 0.05) is 6.54 Å². The molecular formula is C6H14N2O6S. The van der Waals surface area contributed by atoms with Gasteiger partial charge in [0.25, 0.3) is 0 Å². The summed E-state index contributed by atoms with van der Waals surface area (Å²) in [6, 6.07) is -1.11. The lowest BCUT2D eigenvalue weighted by molar-refractivity contribution is -0.138. The fourth-order valence-electron chi connectivity index (χ4n) is 0.866. The maximum absolute atomic E-state index is 10.3. The molecule has 0 amide bonds. The first-order valence-electron chi connectivity index (χ1n) is 4.10. The van der Waals surface area contributed by atoms with E-state index in [1.54, 1.807) is 0 Å². The van der Waals surface area contributed by atoms with E-state index < -0.39 is 28.5 Å². The van der Waals surface area contributed by atoms with Crippen molar-refractivity contribution in [1.82, 2.24) is 0 Å². The first-order chi connectivity index (χ1) is 6.76. The zero-order valence-electron chi connectivity index (χ0n) is 7.87. The average molecular weight is 242 g/mol. The Labute approximate surface area is 87.2 Å². The molecule has 15 heavy (non-hydrogen) atoms. The number of carboxylic acids is 1. The molecule has 0 spiro atoms. The standard InChI is InChI=1S/C6H14N2O6S/c7-3-4(14-15(11,12)13)1-2-5(8)6(9)10/h4-5H,1-3,7-8H2,(H,9,10)(H,11,12,13). The van der Waals surface area contributed by atoms with Crippen molar-refractivity contribution in [2.75, 3.05) is 6.54 Å². The van der Waals surface area contributed by atoms with Crippen LogP contribution in [0.1, 0.15) is 12.8 Å². The van der Waals surface area contributed by atoms with E-state index in [2.05, 4.69) is 4.18 Å². The first kappa shape index (κ1) is 14.3. The van der Waals surface area contributed by atoms with Crippen molar-refractivity contribution >= 4 is 16.4 Å². The molecule has 0 saturated heterocycles. The maximum atomic E-state index is 10.3. The predicted molar refractivity (Wildman–Crippen MR) is 50.3 cm³/mol. The molecule has 0 aliphatic heterocycles. The number of carboxylic acid groups (broad SMARTS) is 1. The lowest BCUT2D eigenvalue weighted by Crippen LogP contribution is -2.33. The van der Waals surface area contributed by atoms with Crippen molar-refractivity contribution in [3.63, 3.8) is 0 Å². The van der Waals surface area contributed by atoms with Gasteiger partial charge in [0.1, 0.15) is 6.04 Å². The van der Waals surface area contributed by atoms with Crippen LogP contribution in [-0.4, -0.2) is 42.7 Å². The molecule has 0 aromatic rings. The van der Waals surface area contributed by atoms with Gasteiger partial charge < -0.3 is 16.6 Å². The predicted octanol–water partition coefficient (Wildman–Crippen LogP) is -1.67. The van der Waals surface area contributed by atoms with Crippen molar-refractivity contribution in [2.24, 2.45) is 11.5 Å². The van der Waals surface area contributed by atoms with Crippen molar-refractivity contribution in [3.05, 3.63) is 0 Å². The quantitative estimate of drug-likeness (QED) is 0.386. The third-order valence-electron chi connectivity index (χ3n) is 1.64. The van der Waals surface area contributed by atoms with E-state index in [0.717, 1.165) is 0 Å². The lowest BCUT2D eigenvalue weighted by atomic mass is 10.1. The second-order valence-electron chi connectivity index (χ2n) is 2.90. The van der Waals surface area contributed by atoms with Crippen LogP contribution in [0.4, 0.5) is 0 Å². The Balaban J connectivity index is 4.07. The van der Waals surface area contributed by atoms with Gasteiger partial charge in [-0.05, 0) is 12.8 Å². The minimum atomic E-state index is -4.57. The summed E-state index contributed by atoms with van der Waals surface area (Å²) < 4.78 is 33.1. The third kappa shape index (κ3) is 7.22. The molecule has 0 saturated carbocycles. The Morgan fingerprint density at radius 3 is 2.27 bits per heavy atom. The van der Waals surface area contributed by atoms with E-state index in [-0.39, 0.29) is 19.4 Å². The summed E-state index contributed by atoms with van der Waals surface area (Å²) >= 11 is 0. The van der Waals surface area contributed by atoms with Gasteiger partial charge in [-0.3, -0.25) is 9.35 Å². The van der Waals surface area contributed by atoms with E-state index in [0.29, 0.717) is 0 Å². The zero-order valence-corrected chi connectivity index (χ0v) is 8.68. The Hall–Kier alpha value is -0.740. The number of aliphatic carboxylic acids is 1. The van der Waals surface area contributed by atoms with Crippen molar-refractivity contribution < 1.29 is 27.1 Å². The van der Waals surface area contributed by atoms with Gasteiger partial charge in [-0.2, -0.15) is 8.42 Å². The SMILES string of the molecule is NCC(CCC(N)C(=O)O)OS(=O)(=O)O. The topological polar surface area (TPSA) is 153 Å². The Morgan fingerprint density at radius 2 is 1.93 bits per heavy atom. The van der Waals surface area contributed by atoms with Gasteiger partial charge in [0.15, 0.2) is 0 Å². The number of hydrogen-bond acceptors (Lipinski definition) is 6. The van der Waals surface area contributed by atoms with Crippen LogP contribution < -0.4 is 11.5 Å². The van der Waals surface area contributed by atoms with Gasteiger partial charge in [0.05, 0.1) is 6.10 Å². The van der Waals surface area contributed by atoms with Crippen molar-refractivity contribution in [3.8, 4) is 0 Å². The van der Waals surface area contributed by atoms with Crippen LogP contribution in [0.15, 0.2) is 0 Å². The molecule has 0 aromatic heterocycles. The molecule has 0 radical (unpaired) electrons. The average Bonchev–Trinajstić information content (AvgIpc) is 2.09. The molecule has 0 heterocycles. The van der Waals surface area contributed by atoms with Crippen molar-refractivity contribution in [2.45, 2.75) is 25.0 Å². The molecule has 2 unspecified atom stereocenters. The highest BCUT2D eigenvalue weighted by Crippen LogP contribution is 2.06. The van der Waals surface area contributed by atoms with Gasteiger partial charge in [-0.25, -0.2) is 4.18 Å². The molecule has 8 nitrogen and oxygen atoms in total. The second-order valence-corrected chi connectivity index (χ2v) is 3.95. The monoisotopic (exact) mass is 242 g/mol. The van der Waals surface area contributed by atoms with Crippen LogP contribution in [0, 0.1) is 0 Å². The van der Waals surface area contributed by atoms with Gasteiger partial charge in [0.2, 0.25) is 0 Å². The smallest absolute Gasteiger partial charge is 0.397 e. The summed E-state index contributed by atoms with van der Waals surface area (Å²) in [6.45, 7) is -0.161. The lowest BCUT2D eigenvalue weighted by Gasteiger charge is -2.14. The van der Waals surface area contributed by atoms with Crippen LogP contribution in [0.5, 0.6) is 0 Å². The Bertz CT molecular complexity index is 303. The van der Waals surface area contributed by atoms with Crippen LogP contribution >= 0.6 is 0 Å². The van der Waals surface area contributed by atoms with E-state index in [1.807, 2.05) is 0 Å². The Kier molecular flexibility index (Phi) is 5.68. The molecule has 6 N–H and O–H groups in total. The van der Waals surface area contributed by atoms with Gasteiger partial charge >= 0.3 is 16.4 Å². The third-order valence-corrected chi connectivity index (χ3v) is 2.15. The van der Waals surface area contributed by atoms with Gasteiger partial charge in [-0.1, -0.05) is 0 Å². The molecule has 9 heteroatoms. The fourth-order valence-corrected chi connectivity index (χ4v) is 1.38. The van der Waals surface area contributed by atoms with Crippen LogP contribution in [0.25, 0.3) is 0 Å². The molecule has 90 valence electrons. The van der Waals surface area contributed by atoms with Crippen LogP contribution in [0.3, 0.4) is 0 Å². The summed E-state index contributed by atoms with van der Waals surface area (Å²) in [4.78, 5) is 10.3. The molecule has 2 atom stereocenters. The van der Waals surface area contributed by atoms with Crippen LogP contribution in [-0.2, 0) is 19.4 Å². The number of hydrogen-bond donors (Lipinski definition) is 4. The maximum Gasteiger partial charge on any atom is 0.397 e. The molecular weight excluding hydrogens is 228 g/mol. The summed E-state index contributed by atoms with van der Waals surface area (Å²) in [5.41, 5.74) is 10.3. The molecule has 0 rings (SSSR count). The largest absolute Gasteiger partial charge is 0.480 e. The summed E-state index contributed by atoms with van der Waals surface area (Å²) in [5, 5.41) is 8.44. The van der Waals surface area contributed by atoms with E-state index >= 15 is 0 Å². The number of rotatable bonds is 7. The highest BCUT2D eigenvalue weighted by molar-refractivity contribution is 7.80. The highest BCUT2D eigenvalue weighted by atomic mass is 32.3. The normalized spacial score (nSPS) is 15.9. The molecule has 0 aliphatic rings. The highest BCUT2D eigenvalue weighted by Gasteiger charge is 2.19. The van der Waals surface area contributed by atoms with E-state index in [9.17, 15) is 13.2 Å². The second kappa shape index (κ2) is 5.98. The van der Waals surface area contributed by atoms with Gasteiger partial charge in [-0.15, -0.1) is 0 Å².